The molecule has 5 heteroatoms. The molecule has 26 heavy (non-hydrogen) atoms. The Kier molecular flexibility index (Phi) is 4.74. The monoisotopic (exact) mass is 357 g/mol. The number of amides is 1. The van der Waals surface area contributed by atoms with E-state index < -0.39 is 0 Å². The Morgan fingerprint density at radius 2 is 1.65 bits per heavy atom. The summed E-state index contributed by atoms with van der Waals surface area (Å²) in [5, 5.41) is 5.35. The summed E-state index contributed by atoms with van der Waals surface area (Å²) in [5.74, 6) is 2.49. The summed E-state index contributed by atoms with van der Waals surface area (Å²) in [6.45, 7) is 1.02. The zero-order chi connectivity index (χ0) is 18.1. The molecule has 0 spiro atoms. The van der Waals surface area contributed by atoms with Gasteiger partial charge in [0.1, 0.15) is 0 Å². The van der Waals surface area contributed by atoms with Crippen LogP contribution >= 0.6 is 0 Å². The minimum absolute atomic E-state index is 0.0952. The highest BCUT2D eigenvalue weighted by molar-refractivity contribution is 5.89. The van der Waals surface area contributed by atoms with Crippen LogP contribution in [-0.2, 0) is 16.1 Å². The summed E-state index contributed by atoms with van der Waals surface area (Å²) in [4.78, 5) is 23.8. The lowest BCUT2D eigenvalue weighted by Gasteiger charge is -2.54. The normalized spacial score (nSPS) is 31.7. The third-order valence-corrected chi connectivity index (χ3v) is 6.67. The van der Waals surface area contributed by atoms with E-state index in [2.05, 4.69) is 10.6 Å². The SMILES string of the molecule is COC(=O)c1ccc(CNC(=O)C[NH2+]C23CC4CC(CC(C4)C2)C3)cc1. The van der Waals surface area contributed by atoms with Gasteiger partial charge in [0.2, 0.25) is 0 Å². The van der Waals surface area contributed by atoms with E-state index in [1.807, 2.05) is 12.1 Å². The fraction of sp³-hybridized carbons (Fsp3) is 0.619. The first-order chi connectivity index (χ1) is 12.5. The molecule has 0 atom stereocenters. The van der Waals surface area contributed by atoms with Gasteiger partial charge in [-0.1, -0.05) is 12.1 Å². The predicted molar refractivity (Wildman–Crippen MR) is 97.3 cm³/mol. The number of nitrogens with one attached hydrogen (secondary N) is 1. The molecule has 0 heterocycles. The molecule has 5 rings (SSSR count). The van der Waals surface area contributed by atoms with Crippen molar-refractivity contribution < 1.29 is 19.6 Å². The summed E-state index contributed by atoms with van der Waals surface area (Å²) in [6, 6.07) is 7.18. The molecule has 1 amide bonds. The highest BCUT2D eigenvalue weighted by atomic mass is 16.5. The Labute approximate surface area is 154 Å². The molecule has 4 bridgehead atoms. The summed E-state index contributed by atoms with van der Waals surface area (Å²) < 4.78 is 4.69. The lowest BCUT2D eigenvalue weighted by molar-refractivity contribution is -0.730. The number of carbonyl (C=O) groups excluding carboxylic acids is 2. The first kappa shape index (κ1) is 17.5. The van der Waals surface area contributed by atoms with Crippen molar-refractivity contribution in [2.75, 3.05) is 13.7 Å². The van der Waals surface area contributed by atoms with Crippen molar-refractivity contribution in [1.29, 1.82) is 0 Å². The van der Waals surface area contributed by atoms with Gasteiger partial charge in [0.15, 0.2) is 6.54 Å². The van der Waals surface area contributed by atoms with Gasteiger partial charge in [-0.25, -0.2) is 4.79 Å². The standard InChI is InChI=1S/C21H28N2O3/c1-26-20(25)18-4-2-14(3-5-18)12-22-19(24)13-23-21-9-15-6-16(10-21)8-17(7-15)11-21/h2-5,15-17,23H,6-13H2,1H3,(H,22,24)/p+1. The van der Waals surface area contributed by atoms with E-state index in [-0.39, 0.29) is 11.9 Å². The molecule has 4 aliphatic rings. The number of nitrogens with two attached hydrogens (primary N) is 1. The number of rotatable bonds is 6. The van der Waals surface area contributed by atoms with Gasteiger partial charge in [0.05, 0.1) is 18.2 Å². The van der Waals surface area contributed by atoms with Crippen LogP contribution in [0.4, 0.5) is 0 Å². The molecule has 3 N–H and O–H groups in total. The molecule has 4 saturated carbocycles. The molecule has 0 aliphatic heterocycles. The van der Waals surface area contributed by atoms with Crippen molar-refractivity contribution in [2.45, 2.75) is 50.6 Å². The number of hydrogen-bond donors (Lipinski definition) is 2. The highest BCUT2D eigenvalue weighted by Gasteiger charge is 2.53. The van der Waals surface area contributed by atoms with Crippen molar-refractivity contribution in [3.05, 3.63) is 35.4 Å². The van der Waals surface area contributed by atoms with Gasteiger partial charge in [-0.2, -0.15) is 0 Å². The second-order valence-corrected chi connectivity index (χ2v) is 8.65. The number of carbonyl (C=O) groups is 2. The second kappa shape index (κ2) is 7.03. The lowest BCUT2D eigenvalue weighted by atomic mass is 9.53. The molecule has 140 valence electrons. The maximum atomic E-state index is 12.3. The maximum absolute atomic E-state index is 12.3. The quantitative estimate of drug-likeness (QED) is 0.760. The third kappa shape index (κ3) is 3.63. The van der Waals surface area contributed by atoms with Crippen LogP contribution in [0, 0.1) is 17.8 Å². The maximum Gasteiger partial charge on any atom is 0.337 e. The van der Waals surface area contributed by atoms with Crippen LogP contribution in [0.1, 0.15) is 54.4 Å². The van der Waals surface area contributed by atoms with Crippen LogP contribution in [0.3, 0.4) is 0 Å². The average Bonchev–Trinajstić information content (AvgIpc) is 2.63. The molecule has 0 radical (unpaired) electrons. The van der Waals surface area contributed by atoms with Gasteiger partial charge in [0.25, 0.3) is 5.91 Å². The van der Waals surface area contributed by atoms with E-state index >= 15 is 0 Å². The van der Waals surface area contributed by atoms with E-state index in [0.29, 0.717) is 24.2 Å². The number of ether oxygens (including phenoxy) is 1. The Balaban J connectivity index is 1.25. The first-order valence-electron chi connectivity index (χ1n) is 9.83. The van der Waals surface area contributed by atoms with Gasteiger partial charge in [0, 0.05) is 25.8 Å². The van der Waals surface area contributed by atoms with Crippen LogP contribution in [0.2, 0.25) is 0 Å². The molecule has 0 saturated heterocycles. The van der Waals surface area contributed by atoms with Crippen LogP contribution in [0.15, 0.2) is 24.3 Å². The fourth-order valence-electron chi connectivity index (χ4n) is 5.89. The minimum atomic E-state index is -0.342. The fourth-order valence-corrected chi connectivity index (χ4v) is 5.89. The number of benzene rings is 1. The van der Waals surface area contributed by atoms with Crippen molar-refractivity contribution >= 4 is 11.9 Å². The minimum Gasteiger partial charge on any atom is -0.465 e. The third-order valence-electron chi connectivity index (χ3n) is 6.67. The van der Waals surface area contributed by atoms with Crippen molar-refractivity contribution in [3.8, 4) is 0 Å². The molecule has 4 fully saturated rings. The zero-order valence-corrected chi connectivity index (χ0v) is 15.5. The van der Waals surface area contributed by atoms with E-state index in [1.54, 1.807) is 12.1 Å². The van der Waals surface area contributed by atoms with Crippen molar-refractivity contribution in [1.82, 2.24) is 5.32 Å². The molecule has 0 aromatic heterocycles. The summed E-state index contributed by atoms with van der Waals surface area (Å²) in [5.41, 5.74) is 1.85. The molecule has 4 aliphatic carbocycles. The van der Waals surface area contributed by atoms with Crippen LogP contribution in [-0.4, -0.2) is 31.1 Å². The second-order valence-electron chi connectivity index (χ2n) is 8.65. The Hall–Kier alpha value is -1.88. The first-order valence-corrected chi connectivity index (χ1v) is 9.83. The number of methoxy groups -OCH3 is 1. The van der Waals surface area contributed by atoms with Gasteiger partial charge in [-0.15, -0.1) is 0 Å². The lowest BCUT2D eigenvalue weighted by Crippen LogP contribution is -3.00. The van der Waals surface area contributed by atoms with E-state index in [4.69, 9.17) is 4.74 Å². The number of hydrogen-bond acceptors (Lipinski definition) is 3. The Bertz CT molecular complexity index is 648. The smallest absolute Gasteiger partial charge is 0.337 e. The molecule has 1 aromatic carbocycles. The van der Waals surface area contributed by atoms with Crippen molar-refractivity contribution in [3.63, 3.8) is 0 Å². The van der Waals surface area contributed by atoms with Crippen LogP contribution in [0.25, 0.3) is 0 Å². The summed E-state index contributed by atoms with van der Waals surface area (Å²) in [7, 11) is 1.37. The molecule has 5 nitrogen and oxygen atoms in total. The van der Waals surface area contributed by atoms with E-state index in [1.165, 1.54) is 45.6 Å². The predicted octanol–water partition coefficient (Wildman–Crippen LogP) is 1.62. The average molecular weight is 357 g/mol. The van der Waals surface area contributed by atoms with Gasteiger partial charge >= 0.3 is 5.97 Å². The van der Waals surface area contributed by atoms with Gasteiger partial charge in [-0.05, 0) is 54.7 Å². The zero-order valence-electron chi connectivity index (χ0n) is 15.5. The van der Waals surface area contributed by atoms with Gasteiger partial charge in [-0.3, -0.25) is 4.79 Å². The van der Waals surface area contributed by atoms with Crippen LogP contribution < -0.4 is 10.6 Å². The van der Waals surface area contributed by atoms with Crippen molar-refractivity contribution in [2.24, 2.45) is 17.8 Å². The topological polar surface area (TPSA) is 72.0 Å². The Morgan fingerprint density at radius 1 is 1.08 bits per heavy atom. The molecular weight excluding hydrogens is 328 g/mol. The Morgan fingerprint density at radius 3 is 2.19 bits per heavy atom. The van der Waals surface area contributed by atoms with Crippen LogP contribution in [0.5, 0.6) is 0 Å². The number of quaternary nitrogens is 1. The van der Waals surface area contributed by atoms with E-state index in [0.717, 1.165) is 23.3 Å². The number of esters is 1. The summed E-state index contributed by atoms with van der Waals surface area (Å²) >= 11 is 0. The highest BCUT2D eigenvalue weighted by Crippen LogP contribution is 2.54. The van der Waals surface area contributed by atoms with E-state index in [9.17, 15) is 9.59 Å². The summed E-state index contributed by atoms with van der Waals surface area (Å²) in [6.07, 6.45) is 8.21. The molecular formula is C21H29N2O3+. The largest absolute Gasteiger partial charge is 0.465 e. The van der Waals surface area contributed by atoms with Gasteiger partial charge < -0.3 is 15.4 Å². The molecule has 0 unspecified atom stereocenters. The molecule has 1 aromatic rings.